The molecule has 1 aliphatic rings. The van der Waals surface area contributed by atoms with Crippen LogP contribution in [0.25, 0.3) is 0 Å². The number of nitrogens with two attached hydrogens (primary N) is 1. The van der Waals surface area contributed by atoms with E-state index in [-0.39, 0.29) is 11.7 Å². The highest BCUT2D eigenvalue weighted by molar-refractivity contribution is 9.10. The maximum Gasteiger partial charge on any atom is 0.239 e. The van der Waals surface area contributed by atoms with E-state index in [1.165, 1.54) is 6.07 Å². The highest BCUT2D eigenvalue weighted by Crippen LogP contribution is 2.21. The zero-order valence-electron chi connectivity index (χ0n) is 11.1. The van der Waals surface area contributed by atoms with Gasteiger partial charge in [-0.25, -0.2) is 4.39 Å². The molecule has 1 saturated heterocycles. The van der Waals surface area contributed by atoms with Gasteiger partial charge >= 0.3 is 0 Å². The highest BCUT2D eigenvalue weighted by atomic mass is 79.9. The maximum absolute atomic E-state index is 13.9. The minimum Gasteiger partial charge on any atom is -0.377 e. The van der Waals surface area contributed by atoms with Crippen LogP contribution in [0.4, 0.5) is 4.39 Å². The third-order valence-electron chi connectivity index (χ3n) is 3.38. The van der Waals surface area contributed by atoms with Crippen molar-refractivity contribution in [1.82, 2.24) is 5.32 Å². The molecule has 6 heteroatoms. The Balaban J connectivity index is 2.04. The van der Waals surface area contributed by atoms with Crippen LogP contribution in [0, 0.1) is 5.82 Å². The van der Waals surface area contributed by atoms with Crippen LogP contribution in [-0.4, -0.2) is 25.2 Å². The molecule has 0 bridgehead atoms. The van der Waals surface area contributed by atoms with Gasteiger partial charge < -0.3 is 10.5 Å². The Bertz CT molecular complexity index is 478. The normalized spacial score (nSPS) is 20.6. The summed E-state index contributed by atoms with van der Waals surface area (Å²) in [6.07, 6.45) is 3.18. The smallest absolute Gasteiger partial charge is 0.239 e. The predicted molar refractivity (Wildman–Crippen MR) is 77.6 cm³/mol. The van der Waals surface area contributed by atoms with Gasteiger partial charge in [0.05, 0.1) is 6.10 Å². The van der Waals surface area contributed by atoms with Gasteiger partial charge in [0.15, 0.2) is 0 Å². The van der Waals surface area contributed by atoms with E-state index >= 15 is 0 Å². The molecule has 1 aromatic rings. The van der Waals surface area contributed by atoms with E-state index in [1.807, 2.05) is 0 Å². The van der Waals surface area contributed by atoms with Crippen LogP contribution in [0.1, 0.15) is 30.9 Å². The first kappa shape index (κ1) is 15.4. The Labute approximate surface area is 126 Å². The topological polar surface area (TPSA) is 64.4 Å². The van der Waals surface area contributed by atoms with Gasteiger partial charge in [-0.1, -0.05) is 22.0 Å². The molecule has 20 heavy (non-hydrogen) atoms. The Kier molecular flexibility index (Phi) is 5.51. The second-order valence-corrected chi connectivity index (χ2v) is 5.81. The van der Waals surface area contributed by atoms with Gasteiger partial charge in [0.1, 0.15) is 11.9 Å². The summed E-state index contributed by atoms with van der Waals surface area (Å²) in [7, 11) is 0. The molecule has 1 amide bonds. The standard InChI is InChI=1S/C14H18BrFN2O2/c15-9-4-5-11(12(16)7-9)13(14(17)19)18-8-10-3-1-2-6-20-10/h4-5,7,10,13,18H,1-3,6,8H2,(H2,17,19)/t10-,13+/m0/s1. The van der Waals surface area contributed by atoms with Crippen molar-refractivity contribution in [2.24, 2.45) is 5.73 Å². The van der Waals surface area contributed by atoms with Crippen molar-refractivity contribution >= 4 is 21.8 Å². The lowest BCUT2D eigenvalue weighted by atomic mass is 10.0. The molecule has 1 fully saturated rings. The first-order valence-corrected chi connectivity index (χ1v) is 7.46. The van der Waals surface area contributed by atoms with E-state index in [0.29, 0.717) is 11.0 Å². The molecular formula is C14H18BrFN2O2. The Morgan fingerprint density at radius 2 is 2.35 bits per heavy atom. The van der Waals surface area contributed by atoms with Crippen molar-refractivity contribution in [2.45, 2.75) is 31.4 Å². The average Bonchev–Trinajstić information content (AvgIpc) is 2.42. The number of benzene rings is 1. The Hall–Kier alpha value is -0.980. The molecular weight excluding hydrogens is 327 g/mol. The molecule has 110 valence electrons. The van der Waals surface area contributed by atoms with E-state index in [0.717, 1.165) is 25.9 Å². The van der Waals surface area contributed by atoms with Gasteiger partial charge in [0.25, 0.3) is 0 Å². The van der Waals surface area contributed by atoms with E-state index in [1.54, 1.807) is 12.1 Å². The van der Waals surface area contributed by atoms with Gasteiger partial charge in [-0.3, -0.25) is 10.1 Å². The van der Waals surface area contributed by atoms with Crippen LogP contribution in [0.15, 0.2) is 22.7 Å². The SMILES string of the molecule is NC(=O)[C@H](NC[C@@H]1CCCCO1)c1ccc(Br)cc1F. The minimum absolute atomic E-state index is 0.0594. The van der Waals surface area contributed by atoms with Crippen molar-refractivity contribution in [3.05, 3.63) is 34.1 Å². The molecule has 0 saturated carbocycles. The molecule has 0 aromatic heterocycles. The summed E-state index contributed by atoms with van der Waals surface area (Å²) in [5.74, 6) is -1.05. The zero-order valence-corrected chi connectivity index (χ0v) is 12.7. The number of primary amides is 1. The van der Waals surface area contributed by atoms with E-state index < -0.39 is 17.8 Å². The molecule has 0 radical (unpaired) electrons. The first-order valence-electron chi connectivity index (χ1n) is 6.67. The number of ether oxygens (including phenoxy) is 1. The lowest BCUT2D eigenvalue weighted by molar-refractivity contribution is -0.120. The van der Waals surface area contributed by atoms with Gasteiger partial charge in [-0.2, -0.15) is 0 Å². The third kappa shape index (κ3) is 4.01. The fraction of sp³-hybridized carbons (Fsp3) is 0.500. The van der Waals surface area contributed by atoms with Gasteiger partial charge in [0, 0.05) is 23.2 Å². The maximum atomic E-state index is 13.9. The predicted octanol–water partition coefficient (Wildman–Crippen LogP) is 2.27. The molecule has 0 spiro atoms. The van der Waals surface area contributed by atoms with Crippen LogP contribution in [0.2, 0.25) is 0 Å². The number of amides is 1. The van der Waals surface area contributed by atoms with E-state index in [4.69, 9.17) is 10.5 Å². The summed E-state index contributed by atoms with van der Waals surface area (Å²) < 4.78 is 20.1. The van der Waals surface area contributed by atoms with Crippen LogP contribution in [-0.2, 0) is 9.53 Å². The minimum atomic E-state index is -0.839. The summed E-state index contributed by atoms with van der Waals surface area (Å²) in [6.45, 7) is 1.23. The van der Waals surface area contributed by atoms with E-state index in [9.17, 15) is 9.18 Å². The number of halogens is 2. The van der Waals surface area contributed by atoms with Crippen molar-refractivity contribution in [3.63, 3.8) is 0 Å². The zero-order chi connectivity index (χ0) is 14.5. The summed E-state index contributed by atoms with van der Waals surface area (Å²) >= 11 is 3.19. The largest absolute Gasteiger partial charge is 0.377 e. The lowest BCUT2D eigenvalue weighted by Gasteiger charge is -2.25. The number of hydrogen-bond acceptors (Lipinski definition) is 3. The molecule has 1 aromatic carbocycles. The molecule has 3 N–H and O–H groups in total. The average molecular weight is 345 g/mol. The van der Waals surface area contributed by atoms with Crippen LogP contribution in [0.3, 0.4) is 0 Å². The number of hydrogen-bond donors (Lipinski definition) is 2. The number of rotatable bonds is 5. The van der Waals surface area contributed by atoms with Crippen LogP contribution < -0.4 is 11.1 Å². The summed E-state index contributed by atoms with van der Waals surface area (Å²) in [5, 5.41) is 3.01. The lowest BCUT2D eigenvalue weighted by Crippen LogP contribution is -2.40. The van der Waals surface area contributed by atoms with Crippen molar-refractivity contribution in [1.29, 1.82) is 0 Å². The second-order valence-electron chi connectivity index (χ2n) is 4.90. The molecule has 0 unspecified atom stereocenters. The summed E-state index contributed by atoms with van der Waals surface area (Å²) in [4.78, 5) is 11.6. The third-order valence-corrected chi connectivity index (χ3v) is 3.87. The van der Waals surface area contributed by atoms with Crippen molar-refractivity contribution in [3.8, 4) is 0 Å². The molecule has 1 aliphatic heterocycles. The fourth-order valence-corrected chi connectivity index (χ4v) is 2.65. The second kappa shape index (κ2) is 7.15. The Morgan fingerprint density at radius 3 is 2.95 bits per heavy atom. The highest BCUT2D eigenvalue weighted by Gasteiger charge is 2.23. The number of carbonyl (C=O) groups is 1. The fourth-order valence-electron chi connectivity index (χ4n) is 2.32. The van der Waals surface area contributed by atoms with Gasteiger partial charge in [0.2, 0.25) is 5.91 Å². The molecule has 2 rings (SSSR count). The van der Waals surface area contributed by atoms with Gasteiger partial charge in [-0.15, -0.1) is 0 Å². The first-order chi connectivity index (χ1) is 9.58. The van der Waals surface area contributed by atoms with Crippen molar-refractivity contribution < 1.29 is 13.9 Å². The van der Waals surface area contributed by atoms with Gasteiger partial charge in [-0.05, 0) is 31.4 Å². The van der Waals surface area contributed by atoms with Crippen LogP contribution >= 0.6 is 15.9 Å². The summed E-state index contributed by atoms with van der Waals surface area (Å²) in [5.41, 5.74) is 5.63. The molecule has 2 atom stereocenters. The molecule has 1 heterocycles. The van der Waals surface area contributed by atoms with E-state index in [2.05, 4.69) is 21.2 Å². The Morgan fingerprint density at radius 1 is 1.55 bits per heavy atom. The molecule has 0 aliphatic carbocycles. The summed E-state index contributed by atoms with van der Waals surface area (Å²) in [6, 6.07) is 3.73. The van der Waals surface area contributed by atoms with Crippen LogP contribution in [0.5, 0.6) is 0 Å². The quantitative estimate of drug-likeness (QED) is 0.861. The number of nitrogens with one attached hydrogen (secondary N) is 1. The van der Waals surface area contributed by atoms with Crippen molar-refractivity contribution in [2.75, 3.05) is 13.2 Å². The molecule has 4 nitrogen and oxygen atoms in total. The number of carbonyl (C=O) groups excluding carboxylic acids is 1. The monoisotopic (exact) mass is 344 g/mol.